The lowest BCUT2D eigenvalue weighted by Gasteiger charge is -2.31. The van der Waals surface area contributed by atoms with Gasteiger partial charge in [0.1, 0.15) is 11.8 Å². The molecule has 152 valence electrons. The average Bonchev–Trinajstić information content (AvgIpc) is 2.65. The topological polar surface area (TPSA) is 75.7 Å². The number of ether oxygens (including phenoxy) is 1. The number of rotatable bonds is 8. The number of benzene rings is 2. The smallest absolute Gasteiger partial charge is 0.244 e. The van der Waals surface area contributed by atoms with Gasteiger partial charge in [0.25, 0.3) is 0 Å². The molecule has 0 aliphatic heterocycles. The molecule has 1 N–H and O–H groups in total. The van der Waals surface area contributed by atoms with Crippen molar-refractivity contribution in [3.8, 4) is 5.75 Å². The second kappa shape index (κ2) is 9.30. The van der Waals surface area contributed by atoms with E-state index in [1.807, 2.05) is 31.2 Å². The first-order valence-corrected chi connectivity index (χ1v) is 11.1. The van der Waals surface area contributed by atoms with Crippen LogP contribution >= 0.6 is 11.6 Å². The van der Waals surface area contributed by atoms with E-state index in [1.165, 1.54) is 0 Å². The molecule has 0 saturated carbocycles. The Morgan fingerprint density at radius 2 is 1.79 bits per heavy atom. The van der Waals surface area contributed by atoms with Crippen LogP contribution < -0.4 is 14.4 Å². The zero-order chi connectivity index (χ0) is 20.9. The van der Waals surface area contributed by atoms with Gasteiger partial charge >= 0.3 is 0 Å². The largest absolute Gasteiger partial charge is 0.496 e. The van der Waals surface area contributed by atoms with E-state index < -0.39 is 16.1 Å². The number of hydrogen-bond acceptors (Lipinski definition) is 4. The lowest BCUT2D eigenvalue weighted by Crippen LogP contribution is -2.49. The Labute approximate surface area is 171 Å². The van der Waals surface area contributed by atoms with Gasteiger partial charge < -0.3 is 10.1 Å². The Bertz CT molecular complexity index is 916. The van der Waals surface area contributed by atoms with Crippen molar-refractivity contribution >= 4 is 33.2 Å². The highest BCUT2D eigenvalue weighted by Gasteiger charge is 2.32. The number of nitrogens with zero attached hydrogens (tertiary/aromatic N) is 1. The summed E-state index contributed by atoms with van der Waals surface area (Å²) in [5, 5.41) is 3.39. The van der Waals surface area contributed by atoms with Crippen molar-refractivity contribution in [2.75, 3.05) is 17.7 Å². The van der Waals surface area contributed by atoms with Gasteiger partial charge in [-0.25, -0.2) is 8.42 Å². The Balaban J connectivity index is 2.32. The van der Waals surface area contributed by atoms with Crippen LogP contribution in [0, 0.1) is 0 Å². The van der Waals surface area contributed by atoms with Crippen LogP contribution in [0.1, 0.15) is 31.9 Å². The predicted molar refractivity (Wildman–Crippen MR) is 112 cm³/mol. The van der Waals surface area contributed by atoms with Crippen molar-refractivity contribution in [1.82, 2.24) is 5.32 Å². The summed E-state index contributed by atoms with van der Waals surface area (Å²) in [6.07, 6.45) is 1.39. The number of para-hydroxylation sites is 1. The SMILES string of the molecule is CCC(C(=O)NC(C)c1ccccc1OC)N(c1ccc(Cl)cc1)S(C)(=O)=O. The first-order chi connectivity index (χ1) is 13.2. The fourth-order valence-electron chi connectivity index (χ4n) is 3.06. The zero-order valence-electron chi connectivity index (χ0n) is 16.3. The Morgan fingerprint density at radius 1 is 1.18 bits per heavy atom. The average molecular weight is 425 g/mol. The number of nitrogens with one attached hydrogen (secondary N) is 1. The summed E-state index contributed by atoms with van der Waals surface area (Å²) in [5.74, 6) is 0.266. The molecule has 0 aromatic heterocycles. The van der Waals surface area contributed by atoms with Gasteiger partial charge in [0.05, 0.1) is 25.1 Å². The van der Waals surface area contributed by atoms with E-state index in [4.69, 9.17) is 16.3 Å². The van der Waals surface area contributed by atoms with Crippen molar-refractivity contribution < 1.29 is 17.9 Å². The summed E-state index contributed by atoms with van der Waals surface area (Å²) < 4.78 is 31.4. The maximum atomic E-state index is 13.0. The van der Waals surface area contributed by atoms with Crippen LogP contribution in [0.3, 0.4) is 0 Å². The molecule has 2 atom stereocenters. The minimum Gasteiger partial charge on any atom is -0.496 e. The molecular formula is C20H25ClN2O4S. The van der Waals surface area contributed by atoms with Crippen LogP contribution in [-0.2, 0) is 14.8 Å². The molecular weight excluding hydrogens is 400 g/mol. The van der Waals surface area contributed by atoms with Crippen molar-refractivity contribution in [1.29, 1.82) is 0 Å². The lowest BCUT2D eigenvalue weighted by molar-refractivity contribution is -0.122. The summed E-state index contributed by atoms with van der Waals surface area (Å²) in [7, 11) is -2.13. The Kier molecular flexibility index (Phi) is 7.32. The van der Waals surface area contributed by atoms with E-state index in [0.29, 0.717) is 22.9 Å². The number of amides is 1. The third-order valence-electron chi connectivity index (χ3n) is 4.38. The third kappa shape index (κ3) is 5.17. The first kappa shape index (κ1) is 22.0. The molecule has 2 rings (SSSR count). The van der Waals surface area contributed by atoms with Crippen LogP contribution in [0.15, 0.2) is 48.5 Å². The Hall–Kier alpha value is -2.25. The zero-order valence-corrected chi connectivity index (χ0v) is 17.9. The quantitative estimate of drug-likeness (QED) is 0.699. The van der Waals surface area contributed by atoms with Crippen molar-refractivity contribution in [2.24, 2.45) is 0 Å². The fourth-order valence-corrected chi connectivity index (χ4v) is 4.40. The van der Waals surface area contributed by atoms with Crippen molar-refractivity contribution in [2.45, 2.75) is 32.4 Å². The Morgan fingerprint density at radius 3 is 2.32 bits per heavy atom. The molecule has 0 bridgehead atoms. The second-order valence-corrected chi connectivity index (χ2v) is 8.73. The predicted octanol–water partition coefficient (Wildman–Crippen LogP) is 3.77. The number of carbonyl (C=O) groups is 1. The van der Waals surface area contributed by atoms with Crippen LogP contribution in [-0.4, -0.2) is 33.7 Å². The summed E-state index contributed by atoms with van der Waals surface area (Å²) >= 11 is 5.91. The molecule has 0 spiro atoms. The third-order valence-corrected chi connectivity index (χ3v) is 5.81. The number of hydrogen-bond donors (Lipinski definition) is 1. The van der Waals surface area contributed by atoms with Gasteiger partial charge in [-0.05, 0) is 43.7 Å². The maximum absolute atomic E-state index is 13.0. The molecule has 0 heterocycles. The van der Waals surface area contributed by atoms with E-state index >= 15 is 0 Å². The molecule has 0 saturated heterocycles. The highest BCUT2D eigenvalue weighted by Crippen LogP contribution is 2.27. The van der Waals surface area contributed by atoms with Crippen LogP contribution in [0.5, 0.6) is 5.75 Å². The molecule has 6 nitrogen and oxygen atoms in total. The van der Waals surface area contributed by atoms with Gasteiger partial charge in [-0.1, -0.05) is 36.7 Å². The maximum Gasteiger partial charge on any atom is 0.244 e. The number of halogens is 1. The second-order valence-electron chi connectivity index (χ2n) is 6.43. The minimum atomic E-state index is -3.70. The van der Waals surface area contributed by atoms with E-state index in [0.717, 1.165) is 16.1 Å². The van der Waals surface area contributed by atoms with Crippen LogP contribution in [0.2, 0.25) is 5.02 Å². The standard InChI is InChI=1S/C20H25ClN2O4S/c1-5-18(23(28(4,25)26)16-12-10-15(21)11-13-16)20(24)22-14(2)17-8-6-7-9-19(17)27-3/h6-14,18H,5H2,1-4H3,(H,22,24). The number of anilines is 1. The molecule has 0 aliphatic rings. The van der Waals surface area contributed by atoms with Crippen molar-refractivity contribution in [3.05, 3.63) is 59.1 Å². The normalized spacial score (nSPS) is 13.5. The summed E-state index contributed by atoms with van der Waals surface area (Å²) in [5.41, 5.74) is 1.20. The van der Waals surface area contributed by atoms with Gasteiger partial charge in [-0.3, -0.25) is 9.10 Å². The summed E-state index contributed by atoms with van der Waals surface area (Å²) in [4.78, 5) is 13.0. The minimum absolute atomic E-state index is 0.306. The molecule has 0 fully saturated rings. The van der Waals surface area contributed by atoms with Gasteiger partial charge in [0.15, 0.2) is 0 Å². The lowest BCUT2D eigenvalue weighted by atomic mass is 10.1. The number of sulfonamides is 1. The fraction of sp³-hybridized carbons (Fsp3) is 0.350. The van der Waals surface area contributed by atoms with E-state index in [9.17, 15) is 13.2 Å². The van der Waals surface area contributed by atoms with Gasteiger partial charge in [-0.2, -0.15) is 0 Å². The van der Waals surface area contributed by atoms with E-state index in [-0.39, 0.29) is 11.9 Å². The molecule has 0 aliphatic carbocycles. The van der Waals surface area contributed by atoms with Gasteiger partial charge in [-0.15, -0.1) is 0 Å². The van der Waals surface area contributed by atoms with E-state index in [2.05, 4.69) is 5.32 Å². The monoisotopic (exact) mass is 424 g/mol. The highest BCUT2D eigenvalue weighted by molar-refractivity contribution is 7.92. The molecule has 2 aromatic carbocycles. The molecule has 8 heteroatoms. The highest BCUT2D eigenvalue weighted by atomic mass is 35.5. The number of carbonyl (C=O) groups excluding carboxylic acids is 1. The summed E-state index contributed by atoms with van der Waals surface area (Å²) in [6, 6.07) is 12.5. The van der Waals surface area contributed by atoms with Crippen LogP contribution in [0.4, 0.5) is 5.69 Å². The molecule has 0 radical (unpaired) electrons. The van der Waals surface area contributed by atoms with Crippen LogP contribution in [0.25, 0.3) is 0 Å². The van der Waals surface area contributed by atoms with E-state index in [1.54, 1.807) is 38.3 Å². The molecule has 28 heavy (non-hydrogen) atoms. The van der Waals surface area contributed by atoms with Gasteiger partial charge in [0.2, 0.25) is 15.9 Å². The van der Waals surface area contributed by atoms with Gasteiger partial charge in [0, 0.05) is 10.6 Å². The summed E-state index contributed by atoms with van der Waals surface area (Å²) in [6.45, 7) is 3.60. The molecule has 1 amide bonds. The molecule has 2 aromatic rings. The first-order valence-electron chi connectivity index (χ1n) is 8.87. The number of methoxy groups -OCH3 is 1. The molecule has 2 unspecified atom stereocenters. The van der Waals surface area contributed by atoms with Crippen molar-refractivity contribution in [3.63, 3.8) is 0 Å².